The summed E-state index contributed by atoms with van der Waals surface area (Å²) in [6.07, 6.45) is 0.919. The summed E-state index contributed by atoms with van der Waals surface area (Å²) in [7, 11) is 1.59. The molecule has 0 atom stereocenters. The molecule has 1 N–H and O–H groups in total. The molecule has 0 aliphatic carbocycles. The van der Waals surface area contributed by atoms with E-state index in [0.717, 1.165) is 6.42 Å². The molecule has 0 saturated carbocycles. The number of nitrogens with one attached hydrogen (secondary N) is 1. The molecule has 1 rings (SSSR count). The second kappa shape index (κ2) is 9.35. The number of benzene rings is 1. The zero-order valence-electron chi connectivity index (χ0n) is 11.5. The number of hydrogen-bond donors (Lipinski definition) is 1. The van der Waals surface area contributed by atoms with E-state index in [1.54, 1.807) is 13.2 Å². The van der Waals surface area contributed by atoms with E-state index in [4.69, 9.17) is 14.2 Å². The molecule has 0 saturated heterocycles. The smallest absolute Gasteiger partial charge is 0.250 e. The van der Waals surface area contributed by atoms with Gasteiger partial charge in [-0.3, -0.25) is 4.79 Å². The number of ether oxygens (including phenoxy) is 3. The van der Waals surface area contributed by atoms with Crippen molar-refractivity contribution in [2.24, 2.45) is 0 Å². The average molecular weight is 267 g/mol. The van der Waals surface area contributed by atoms with Gasteiger partial charge >= 0.3 is 0 Å². The molecular weight excluding hydrogens is 246 g/mol. The zero-order chi connectivity index (χ0) is 13.9. The van der Waals surface area contributed by atoms with Gasteiger partial charge < -0.3 is 19.5 Å². The van der Waals surface area contributed by atoms with Crippen molar-refractivity contribution in [1.82, 2.24) is 0 Å². The van der Waals surface area contributed by atoms with Gasteiger partial charge in [0.25, 0.3) is 0 Å². The Morgan fingerprint density at radius 2 is 2.00 bits per heavy atom. The lowest BCUT2D eigenvalue weighted by atomic mass is 10.3. The minimum absolute atomic E-state index is 0.00543. The maximum absolute atomic E-state index is 11.7. The molecule has 5 nitrogen and oxygen atoms in total. The van der Waals surface area contributed by atoms with Crippen LogP contribution in [0.4, 0.5) is 5.69 Å². The predicted molar refractivity (Wildman–Crippen MR) is 73.6 cm³/mol. The molecule has 0 spiro atoms. The summed E-state index contributed by atoms with van der Waals surface area (Å²) >= 11 is 0. The fourth-order valence-corrected chi connectivity index (χ4v) is 1.40. The minimum atomic E-state index is -0.205. The Balaban J connectivity index is 2.44. The fourth-order valence-electron chi connectivity index (χ4n) is 1.40. The Bertz CT molecular complexity index is 381. The SMILES string of the molecule is CCCOc1ccccc1NC(=O)COCCOC. The summed E-state index contributed by atoms with van der Waals surface area (Å²) in [4.78, 5) is 11.7. The van der Waals surface area contributed by atoms with Crippen LogP contribution in [0.15, 0.2) is 24.3 Å². The van der Waals surface area contributed by atoms with Gasteiger partial charge in [-0.2, -0.15) is 0 Å². The van der Waals surface area contributed by atoms with Crippen molar-refractivity contribution < 1.29 is 19.0 Å². The van der Waals surface area contributed by atoms with Crippen LogP contribution in [0.2, 0.25) is 0 Å². The van der Waals surface area contributed by atoms with Gasteiger partial charge in [0.1, 0.15) is 12.4 Å². The summed E-state index contributed by atoms with van der Waals surface area (Å²) in [5.74, 6) is 0.471. The number of rotatable bonds is 9. The van der Waals surface area contributed by atoms with E-state index in [-0.39, 0.29) is 12.5 Å². The molecule has 0 unspecified atom stereocenters. The van der Waals surface area contributed by atoms with Crippen LogP contribution in [0.25, 0.3) is 0 Å². The number of para-hydroxylation sites is 2. The van der Waals surface area contributed by atoms with Crippen molar-refractivity contribution in [2.75, 3.05) is 38.9 Å². The highest BCUT2D eigenvalue weighted by Crippen LogP contribution is 2.23. The highest BCUT2D eigenvalue weighted by molar-refractivity contribution is 5.93. The molecule has 0 fully saturated rings. The van der Waals surface area contributed by atoms with Crippen LogP contribution >= 0.6 is 0 Å². The standard InChI is InChI=1S/C14H21NO4/c1-3-8-19-13-7-5-4-6-12(13)15-14(16)11-18-10-9-17-2/h4-7H,3,8-11H2,1-2H3,(H,15,16). The number of anilines is 1. The third-order valence-corrected chi connectivity index (χ3v) is 2.29. The highest BCUT2D eigenvalue weighted by atomic mass is 16.5. The number of hydrogen-bond acceptors (Lipinski definition) is 4. The van der Waals surface area contributed by atoms with E-state index in [2.05, 4.69) is 5.32 Å². The van der Waals surface area contributed by atoms with Gasteiger partial charge in [0.2, 0.25) is 5.91 Å². The van der Waals surface area contributed by atoms with Gasteiger partial charge in [0.15, 0.2) is 0 Å². The van der Waals surface area contributed by atoms with E-state index in [1.807, 2.05) is 25.1 Å². The molecular formula is C14H21NO4. The lowest BCUT2D eigenvalue weighted by Crippen LogP contribution is -2.20. The largest absolute Gasteiger partial charge is 0.491 e. The normalized spacial score (nSPS) is 10.2. The van der Waals surface area contributed by atoms with Gasteiger partial charge in [-0.25, -0.2) is 0 Å². The first-order chi connectivity index (χ1) is 9.27. The maximum Gasteiger partial charge on any atom is 0.250 e. The van der Waals surface area contributed by atoms with Crippen molar-refractivity contribution in [1.29, 1.82) is 0 Å². The highest BCUT2D eigenvalue weighted by Gasteiger charge is 2.07. The molecule has 106 valence electrons. The van der Waals surface area contributed by atoms with Crippen LogP contribution in [0, 0.1) is 0 Å². The molecule has 0 heterocycles. The zero-order valence-corrected chi connectivity index (χ0v) is 11.5. The number of methoxy groups -OCH3 is 1. The molecule has 1 amide bonds. The molecule has 5 heteroatoms. The summed E-state index contributed by atoms with van der Waals surface area (Å²) in [5, 5.41) is 2.77. The monoisotopic (exact) mass is 267 g/mol. The van der Waals surface area contributed by atoms with E-state index < -0.39 is 0 Å². The molecule has 0 radical (unpaired) electrons. The molecule has 0 aromatic heterocycles. The minimum Gasteiger partial charge on any atom is -0.491 e. The first-order valence-corrected chi connectivity index (χ1v) is 6.36. The van der Waals surface area contributed by atoms with Crippen molar-refractivity contribution in [3.8, 4) is 5.75 Å². The second-order valence-electron chi connectivity index (χ2n) is 3.94. The third kappa shape index (κ3) is 6.22. The van der Waals surface area contributed by atoms with Gasteiger partial charge in [-0.15, -0.1) is 0 Å². The van der Waals surface area contributed by atoms with Crippen molar-refractivity contribution in [3.63, 3.8) is 0 Å². The van der Waals surface area contributed by atoms with E-state index in [0.29, 0.717) is 31.3 Å². The molecule has 0 aliphatic heterocycles. The van der Waals surface area contributed by atoms with E-state index in [1.165, 1.54) is 0 Å². The van der Waals surface area contributed by atoms with Gasteiger partial charge in [0.05, 0.1) is 25.5 Å². The first-order valence-electron chi connectivity index (χ1n) is 6.36. The Morgan fingerprint density at radius 3 is 2.74 bits per heavy atom. The van der Waals surface area contributed by atoms with Crippen molar-refractivity contribution in [2.45, 2.75) is 13.3 Å². The van der Waals surface area contributed by atoms with Crippen LogP contribution in [0.3, 0.4) is 0 Å². The summed E-state index contributed by atoms with van der Waals surface area (Å²) in [5.41, 5.74) is 0.663. The quantitative estimate of drug-likeness (QED) is 0.696. The molecule has 0 aliphatic rings. The summed E-state index contributed by atoms with van der Waals surface area (Å²) in [6, 6.07) is 7.35. The van der Waals surface area contributed by atoms with Crippen LogP contribution in [0.1, 0.15) is 13.3 Å². The average Bonchev–Trinajstić information content (AvgIpc) is 2.43. The fraction of sp³-hybridized carbons (Fsp3) is 0.500. The Labute approximate surface area is 113 Å². The summed E-state index contributed by atoms with van der Waals surface area (Å²) in [6.45, 7) is 3.54. The maximum atomic E-state index is 11.7. The molecule has 1 aromatic rings. The second-order valence-corrected chi connectivity index (χ2v) is 3.94. The molecule has 0 bridgehead atoms. The lowest BCUT2D eigenvalue weighted by molar-refractivity contribution is -0.121. The lowest BCUT2D eigenvalue weighted by Gasteiger charge is -2.12. The number of carbonyl (C=O) groups is 1. The van der Waals surface area contributed by atoms with Gasteiger partial charge in [-0.05, 0) is 18.6 Å². The molecule has 19 heavy (non-hydrogen) atoms. The van der Waals surface area contributed by atoms with Gasteiger partial charge in [-0.1, -0.05) is 19.1 Å². The van der Waals surface area contributed by atoms with Crippen LogP contribution in [-0.2, 0) is 14.3 Å². The van der Waals surface area contributed by atoms with E-state index in [9.17, 15) is 4.79 Å². The van der Waals surface area contributed by atoms with E-state index >= 15 is 0 Å². The van der Waals surface area contributed by atoms with Crippen molar-refractivity contribution in [3.05, 3.63) is 24.3 Å². The van der Waals surface area contributed by atoms with Crippen molar-refractivity contribution >= 4 is 11.6 Å². The van der Waals surface area contributed by atoms with Gasteiger partial charge in [0, 0.05) is 7.11 Å². The first kappa shape index (κ1) is 15.5. The summed E-state index contributed by atoms with van der Waals surface area (Å²) < 4.78 is 15.5. The predicted octanol–water partition coefficient (Wildman–Crippen LogP) is 2.08. The Hall–Kier alpha value is -1.59. The Morgan fingerprint density at radius 1 is 1.21 bits per heavy atom. The molecule has 1 aromatic carbocycles. The van der Waals surface area contributed by atoms with Crippen LogP contribution in [-0.4, -0.2) is 39.4 Å². The van der Waals surface area contributed by atoms with Crippen LogP contribution in [0.5, 0.6) is 5.75 Å². The third-order valence-electron chi connectivity index (χ3n) is 2.29. The van der Waals surface area contributed by atoms with Crippen LogP contribution < -0.4 is 10.1 Å². The number of amides is 1. The topological polar surface area (TPSA) is 56.8 Å². The Kier molecular flexibility index (Phi) is 7.62. The number of carbonyl (C=O) groups excluding carboxylic acids is 1.